The SMILES string of the molecule is FC(F)(F)C(F)(F)CCCOCC1CCCCO1. The Bertz CT molecular complexity index is 236. The molecular weight excluding hydrogens is 259 g/mol. The zero-order valence-corrected chi connectivity index (χ0v) is 9.94. The van der Waals surface area contributed by atoms with Crippen molar-refractivity contribution in [3.05, 3.63) is 0 Å². The Kier molecular flexibility index (Phi) is 5.78. The predicted molar refractivity (Wildman–Crippen MR) is 54.6 cm³/mol. The molecule has 18 heavy (non-hydrogen) atoms. The van der Waals surface area contributed by atoms with Gasteiger partial charge in [-0.2, -0.15) is 22.0 Å². The third-order valence-electron chi connectivity index (χ3n) is 2.77. The lowest BCUT2D eigenvalue weighted by Crippen LogP contribution is -2.36. The average Bonchev–Trinajstić information content (AvgIpc) is 2.28. The molecule has 0 radical (unpaired) electrons. The van der Waals surface area contributed by atoms with Gasteiger partial charge in [0.05, 0.1) is 12.7 Å². The maximum Gasteiger partial charge on any atom is 0.453 e. The first-order valence-electron chi connectivity index (χ1n) is 5.97. The van der Waals surface area contributed by atoms with Crippen molar-refractivity contribution in [2.75, 3.05) is 19.8 Å². The quantitative estimate of drug-likeness (QED) is 0.545. The Balaban J connectivity index is 2.08. The summed E-state index contributed by atoms with van der Waals surface area (Å²) in [4.78, 5) is 0. The summed E-state index contributed by atoms with van der Waals surface area (Å²) in [5, 5.41) is 0. The number of ether oxygens (including phenoxy) is 2. The van der Waals surface area contributed by atoms with Crippen molar-refractivity contribution in [3.8, 4) is 0 Å². The summed E-state index contributed by atoms with van der Waals surface area (Å²) in [6.07, 6.45) is -4.21. The lowest BCUT2D eigenvalue weighted by Gasteiger charge is -2.23. The van der Waals surface area contributed by atoms with Gasteiger partial charge in [-0.05, 0) is 25.7 Å². The van der Waals surface area contributed by atoms with E-state index in [1.54, 1.807) is 0 Å². The van der Waals surface area contributed by atoms with Gasteiger partial charge in [0.2, 0.25) is 0 Å². The lowest BCUT2D eigenvalue weighted by atomic mass is 10.1. The van der Waals surface area contributed by atoms with Crippen LogP contribution < -0.4 is 0 Å². The summed E-state index contributed by atoms with van der Waals surface area (Å²) in [6, 6.07) is 0. The Morgan fingerprint density at radius 1 is 1.11 bits per heavy atom. The van der Waals surface area contributed by atoms with Crippen LogP contribution in [0, 0.1) is 0 Å². The number of rotatable bonds is 6. The fourth-order valence-corrected chi connectivity index (χ4v) is 1.69. The van der Waals surface area contributed by atoms with E-state index in [0.717, 1.165) is 19.3 Å². The molecule has 7 heteroatoms. The topological polar surface area (TPSA) is 18.5 Å². The first-order valence-corrected chi connectivity index (χ1v) is 5.97. The van der Waals surface area contributed by atoms with Gasteiger partial charge < -0.3 is 9.47 Å². The van der Waals surface area contributed by atoms with E-state index in [1.165, 1.54) is 0 Å². The van der Waals surface area contributed by atoms with Crippen LogP contribution in [-0.4, -0.2) is 38.0 Å². The van der Waals surface area contributed by atoms with Crippen LogP contribution >= 0.6 is 0 Å². The van der Waals surface area contributed by atoms with E-state index < -0.39 is 18.5 Å². The molecule has 1 rings (SSSR count). The summed E-state index contributed by atoms with van der Waals surface area (Å²) in [5.41, 5.74) is 0. The van der Waals surface area contributed by atoms with Crippen molar-refractivity contribution in [2.45, 2.75) is 50.3 Å². The summed E-state index contributed by atoms with van der Waals surface area (Å²) >= 11 is 0. The Labute approximate surface area is 102 Å². The Morgan fingerprint density at radius 2 is 1.83 bits per heavy atom. The van der Waals surface area contributed by atoms with E-state index in [1.807, 2.05) is 0 Å². The highest BCUT2D eigenvalue weighted by Crippen LogP contribution is 2.38. The summed E-state index contributed by atoms with van der Waals surface area (Å²) in [6.45, 7) is 0.809. The molecule has 0 bridgehead atoms. The van der Waals surface area contributed by atoms with Gasteiger partial charge in [0.25, 0.3) is 0 Å². The molecule has 0 saturated carbocycles. The zero-order valence-electron chi connectivity index (χ0n) is 9.94. The lowest BCUT2D eigenvalue weighted by molar-refractivity contribution is -0.285. The number of halogens is 5. The van der Waals surface area contributed by atoms with Gasteiger partial charge in [0, 0.05) is 19.6 Å². The number of alkyl halides is 5. The van der Waals surface area contributed by atoms with Crippen molar-refractivity contribution >= 4 is 0 Å². The molecule has 0 N–H and O–H groups in total. The van der Waals surface area contributed by atoms with Crippen LogP contribution in [0.3, 0.4) is 0 Å². The molecule has 1 aliphatic rings. The Hall–Kier alpha value is -0.430. The van der Waals surface area contributed by atoms with E-state index in [9.17, 15) is 22.0 Å². The third kappa shape index (κ3) is 5.06. The number of hydrogen-bond donors (Lipinski definition) is 0. The van der Waals surface area contributed by atoms with Crippen LogP contribution in [0.25, 0.3) is 0 Å². The number of hydrogen-bond acceptors (Lipinski definition) is 2. The molecule has 0 amide bonds. The van der Waals surface area contributed by atoms with Gasteiger partial charge >= 0.3 is 12.1 Å². The van der Waals surface area contributed by atoms with Gasteiger partial charge in [-0.25, -0.2) is 0 Å². The molecule has 0 aromatic heterocycles. The largest absolute Gasteiger partial charge is 0.453 e. The second-order valence-electron chi connectivity index (χ2n) is 4.37. The predicted octanol–water partition coefficient (Wildman–Crippen LogP) is 3.55. The first-order chi connectivity index (χ1) is 8.33. The van der Waals surface area contributed by atoms with Crippen molar-refractivity contribution in [1.82, 2.24) is 0 Å². The second kappa shape index (κ2) is 6.65. The average molecular weight is 276 g/mol. The highest BCUT2D eigenvalue weighted by molar-refractivity contribution is 4.75. The summed E-state index contributed by atoms with van der Waals surface area (Å²) in [5.74, 6) is -4.63. The minimum Gasteiger partial charge on any atom is -0.379 e. The van der Waals surface area contributed by atoms with E-state index >= 15 is 0 Å². The standard InChI is InChI=1S/C11H17F5O2/c12-10(13,11(14,15)16)5-3-6-17-8-9-4-1-2-7-18-9/h9H,1-8H2. The van der Waals surface area contributed by atoms with E-state index in [4.69, 9.17) is 9.47 Å². The molecule has 0 aromatic rings. The molecule has 1 saturated heterocycles. The van der Waals surface area contributed by atoms with Crippen molar-refractivity contribution in [2.24, 2.45) is 0 Å². The second-order valence-corrected chi connectivity index (χ2v) is 4.37. The third-order valence-corrected chi connectivity index (χ3v) is 2.77. The zero-order chi connectivity index (χ0) is 13.6. The van der Waals surface area contributed by atoms with Crippen molar-refractivity contribution < 1.29 is 31.4 Å². The van der Waals surface area contributed by atoms with E-state index in [2.05, 4.69) is 0 Å². The van der Waals surface area contributed by atoms with Gasteiger partial charge in [-0.3, -0.25) is 0 Å². The fraction of sp³-hybridized carbons (Fsp3) is 1.00. The molecule has 1 atom stereocenters. The van der Waals surface area contributed by atoms with Crippen LogP contribution in [0.4, 0.5) is 22.0 Å². The maximum absolute atomic E-state index is 12.5. The normalized spacial score (nSPS) is 22.2. The molecule has 0 aromatic carbocycles. The minimum atomic E-state index is -5.47. The highest BCUT2D eigenvalue weighted by Gasteiger charge is 2.56. The van der Waals surface area contributed by atoms with Gasteiger partial charge in [0.1, 0.15) is 0 Å². The smallest absolute Gasteiger partial charge is 0.379 e. The summed E-state index contributed by atoms with van der Waals surface area (Å²) in [7, 11) is 0. The van der Waals surface area contributed by atoms with Gasteiger partial charge in [-0.1, -0.05) is 0 Å². The van der Waals surface area contributed by atoms with Gasteiger partial charge in [0.15, 0.2) is 0 Å². The van der Waals surface area contributed by atoms with Crippen LogP contribution in [-0.2, 0) is 9.47 Å². The highest BCUT2D eigenvalue weighted by atomic mass is 19.4. The Morgan fingerprint density at radius 3 is 2.39 bits per heavy atom. The van der Waals surface area contributed by atoms with Gasteiger partial charge in [-0.15, -0.1) is 0 Å². The van der Waals surface area contributed by atoms with Crippen LogP contribution in [0.1, 0.15) is 32.1 Å². The van der Waals surface area contributed by atoms with Crippen LogP contribution in [0.15, 0.2) is 0 Å². The van der Waals surface area contributed by atoms with E-state index in [-0.39, 0.29) is 25.7 Å². The van der Waals surface area contributed by atoms with Crippen LogP contribution in [0.5, 0.6) is 0 Å². The van der Waals surface area contributed by atoms with Crippen molar-refractivity contribution in [1.29, 1.82) is 0 Å². The molecule has 108 valence electrons. The molecule has 1 fully saturated rings. The molecule has 1 aliphatic heterocycles. The molecular formula is C11H17F5O2. The molecule has 1 unspecified atom stereocenters. The first kappa shape index (κ1) is 15.6. The van der Waals surface area contributed by atoms with Crippen LogP contribution in [0.2, 0.25) is 0 Å². The molecule has 2 nitrogen and oxygen atoms in total. The molecule has 0 aliphatic carbocycles. The summed E-state index contributed by atoms with van der Waals surface area (Å²) < 4.78 is 70.9. The van der Waals surface area contributed by atoms with E-state index in [0.29, 0.717) is 6.61 Å². The monoisotopic (exact) mass is 276 g/mol. The molecule has 1 heterocycles. The fourth-order valence-electron chi connectivity index (χ4n) is 1.69. The minimum absolute atomic E-state index is 0.0538. The molecule has 0 spiro atoms. The van der Waals surface area contributed by atoms with Crippen molar-refractivity contribution in [3.63, 3.8) is 0 Å². The maximum atomic E-state index is 12.5.